The number of halogens is 4. The third-order valence-electron chi connectivity index (χ3n) is 3.60. The van der Waals surface area contributed by atoms with Gasteiger partial charge in [0.05, 0.1) is 11.3 Å². The SMILES string of the molecule is O=C(O)CC1CCCN(c2ccc(C(F)(F)F)cc2F)C1. The molecule has 0 bridgehead atoms. The monoisotopic (exact) mass is 305 g/mol. The van der Waals surface area contributed by atoms with Crippen molar-refractivity contribution in [3.63, 3.8) is 0 Å². The second-order valence-corrected chi connectivity index (χ2v) is 5.22. The van der Waals surface area contributed by atoms with Crippen LogP contribution in [0.1, 0.15) is 24.8 Å². The number of anilines is 1. The minimum atomic E-state index is -4.58. The molecule has 21 heavy (non-hydrogen) atoms. The van der Waals surface area contributed by atoms with E-state index in [9.17, 15) is 22.4 Å². The van der Waals surface area contributed by atoms with E-state index in [1.165, 1.54) is 0 Å². The van der Waals surface area contributed by atoms with Gasteiger partial charge in [-0.15, -0.1) is 0 Å². The van der Waals surface area contributed by atoms with Crippen LogP contribution in [0.3, 0.4) is 0 Å². The van der Waals surface area contributed by atoms with Crippen LogP contribution in [0.2, 0.25) is 0 Å². The van der Waals surface area contributed by atoms with Crippen LogP contribution in [-0.2, 0) is 11.0 Å². The van der Waals surface area contributed by atoms with Crippen molar-refractivity contribution >= 4 is 11.7 Å². The number of alkyl halides is 3. The molecule has 1 aliphatic rings. The van der Waals surface area contributed by atoms with Crippen molar-refractivity contribution in [2.75, 3.05) is 18.0 Å². The Bertz CT molecular complexity index is 530. The predicted molar refractivity (Wildman–Crippen MR) is 68.6 cm³/mol. The van der Waals surface area contributed by atoms with E-state index in [1.807, 2.05) is 0 Å². The Morgan fingerprint density at radius 3 is 2.67 bits per heavy atom. The summed E-state index contributed by atoms with van der Waals surface area (Å²) in [6, 6.07) is 2.44. The molecule has 116 valence electrons. The molecule has 3 nitrogen and oxygen atoms in total. The Labute approximate surface area is 119 Å². The largest absolute Gasteiger partial charge is 0.481 e. The molecule has 1 atom stereocenters. The number of carbonyl (C=O) groups is 1. The summed E-state index contributed by atoms with van der Waals surface area (Å²) in [5.41, 5.74) is -0.930. The van der Waals surface area contributed by atoms with Gasteiger partial charge in [-0.05, 0) is 37.0 Å². The van der Waals surface area contributed by atoms with Crippen LogP contribution in [0.25, 0.3) is 0 Å². The molecule has 1 aromatic rings. The van der Waals surface area contributed by atoms with Crippen molar-refractivity contribution < 1.29 is 27.5 Å². The fourth-order valence-electron chi connectivity index (χ4n) is 2.64. The lowest BCUT2D eigenvalue weighted by molar-refractivity contribution is -0.139. The average molecular weight is 305 g/mol. The van der Waals surface area contributed by atoms with Crippen molar-refractivity contribution in [3.8, 4) is 0 Å². The molecule has 1 saturated heterocycles. The molecule has 0 aromatic heterocycles. The number of nitrogens with zero attached hydrogens (tertiary/aromatic N) is 1. The molecule has 0 spiro atoms. The third-order valence-corrected chi connectivity index (χ3v) is 3.60. The van der Waals surface area contributed by atoms with Gasteiger partial charge in [-0.2, -0.15) is 13.2 Å². The van der Waals surface area contributed by atoms with E-state index in [-0.39, 0.29) is 18.0 Å². The average Bonchev–Trinajstić information content (AvgIpc) is 2.37. The zero-order chi connectivity index (χ0) is 15.6. The Morgan fingerprint density at radius 2 is 2.10 bits per heavy atom. The van der Waals surface area contributed by atoms with Crippen molar-refractivity contribution in [3.05, 3.63) is 29.6 Å². The van der Waals surface area contributed by atoms with Gasteiger partial charge < -0.3 is 10.0 Å². The lowest BCUT2D eigenvalue weighted by atomic mass is 9.94. The summed E-state index contributed by atoms with van der Waals surface area (Å²) >= 11 is 0. The van der Waals surface area contributed by atoms with Crippen LogP contribution >= 0.6 is 0 Å². The third kappa shape index (κ3) is 3.86. The minimum absolute atomic E-state index is 0.0151. The smallest absolute Gasteiger partial charge is 0.416 e. The molecule has 2 rings (SSSR count). The van der Waals surface area contributed by atoms with Crippen LogP contribution in [0.15, 0.2) is 18.2 Å². The molecule has 0 saturated carbocycles. The van der Waals surface area contributed by atoms with Crippen molar-refractivity contribution in [2.24, 2.45) is 5.92 Å². The quantitative estimate of drug-likeness (QED) is 0.868. The van der Waals surface area contributed by atoms with Gasteiger partial charge in [-0.3, -0.25) is 4.79 Å². The van der Waals surface area contributed by atoms with Crippen LogP contribution in [0, 0.1) is 11.7 Å². The summed E-state index contributed by atoms with van der Waals surface area (Å²) in [5.74, 6) is -1.96. The highest BCUT2D eigenvalue weighted by Gasteiger charge is 2.32. The Balaban J connectivity index is 2.16. The van der Waals surface area contributed by atoms with Gasteiger partial charge in [0.2, 0.25) is 0 Å². The first-order valence-corrected chi connectivity index (χ1v) is 6.61. The molecule has 1 heterocycles. The second-order valence-electron chi connectivity index (χ2n) is 5.22. The molecule has 1 unspecified atom stereocenters. The summed E-state index contributed by atoms with van der Waals surface area (Å²) in [6.07, 6.45) is -3.17. The molecule has 1 fully saturated rings. The van der Waals surface area contributed by atoms with Crippen LogP contribution in [0.5, 0.6) is 0 Å². The first kappa shape index (κ1) is 15.6. The maximum absolute atomic E-state index is 13.9. The lowest BCUT2D eigenvalue weighted by Crippen LogP contribution is -2.36. The van der Waals surface area contributed by atoms with Gasteiger partial charge in [-0.25, -0.2) is 4.39 Å². The predicted octanol–water partition coefficient (Wildman–Crippen LogP) is 3.54. The maximum Gasteiger partial charge on any atom is 0.416 e. The highest BCUT2D eigenvalue weighted by Crippen LogP contribution is 2.33. The zero-order valence-corrected chi connectivity index (χ0v) is 11.2. The van der Waals surface area contributed by atoms with Crippen LogP contribution < -0.4 is 4.90 Å². The number of piperidine rings is 1. The summed E-state index contributed by atoms with van der Waals surface area (Å²) in [5, 5.41) is 8.79. The number of rotatable bonds is 3. The molecule has 0 amide bonds. The maximum atomic E-state index is 13.9. The number of hydrogen-bond acceptors (Lipinski definition) is 2. The Hall–Kier alpha value is -1.79. The fourth-order valence-corrected chi connectivity index (χ4v) is 2.64. The summed E-state index contributed by atoms with van der Waals surface area (Å²) in [6.45, 7) is 0.854. The van der Waals surface area contributed by atoms with Crippen molar-refractivity contribution in [1.82, 2.24) is 0 Å². The molecule has 0 aliphatic carbocycles. The molecule has 1 aliphatic heterocycles. The van der Waals surface area contributed by atoms with E-state index >= 15 is 0 Å². The normalized spacial score (nSPS) is 19.6. The molecule has 7 heteroatoms. The van der Waals surface area contributed by atoms with Gasteiger partial charge in [0.25, 0.3) is 0 Å². The zero-order valence-electron chi connectivity index (χ0n) is 11.2. The number of hydrogen-bond donors (Lipinski definition) is 1. The van der Waals surface area contributed by atoms with Gasteiger partial charge in [0.1, 0.15) is 5.82 Å². The molecule has 1 N–H and O–H groups in total. The van der Waals surface area contributed by atoms with Crippen molar-refractivity contribution in [1.29, 1.82) is 0 Å². The first-order valence-electron chi connectivity index (χ1n) is 6.61. The van der Waals surface area contributed by atoms with Gasteiger partial charge in [0, 0.05) is 19.5 Å². The number of aliphatic carboxylic acids is 1. The second kappa shape index (κ2) is 5.91. The summed E-state index contributed by atoms with van der Waals surface area (Å²) in [4.78, 5) is 12.3. The lowest BCUT2D eigenvalue weighted by Gasteiger charge is -2.34. The van der Waals surface area contributed by atoms with E-state index in [2.05, 4.69) is 0 Å². The molecule has 1 aromatic carbocycles. The first-order chi connectivity index (χ1) is 9.77. The van der Waals surface area contributed by atoms with E-state index in [0.29, 0.717) is 25.6 Å². The Morgan fingerprint density at radius 1 is 1.38 bits per heavy atom. The number of benzene rings is 1. The summed E-state index contributed by atoms with van der Waals surface area (Å²) in [7, 11) is 0. The Kier molecular flexibility index (Phi) is 4.39. The van der Waals surface area contributed by atoms with E-state index in [1.54, 1.807) is 4.90 Å². The van der Waals surface area contributed by atoms with E-state index in [4.69, 9.17) is 5.11 Å². The highest BCUT2D eigenvalue weighted by atomic mass is 19.4. The summed E-state index contributed by atoms with van der Waals surface area (Å²) < 4.78 is 51.4. The van der Waals surface area contributed by atoms with Gasteiger partial charge >= 0.3 is 12.1 Å². The van der Waals surface area contributed by atoms with E-state index < -0.39 is 23.5 Å². The van der Waals surface area contributed by atoms with Gasteiger partial charge in [0.15, 0.2) is 0 Å². The topological polar surface area (TPSA) is 40.5 Å². The van der Waals surface area contributed by atoms with Crippen molar-refractivity contribution in [2.45, 2.75) is 25.4 Å². The van der Waals surface area contributed by atoms with Crippen LogP contribution in [0.4, 0.5) is 23.2 Å². The highest BCUT2D eigenvalue weighted by molar-refractivity contribution is 5.67. The molecular formula is C14H15F4NO2. The molecular weight excluding hydrogens is 290 g/mol. The van der Waals surface area contributed by atoms with Gasteiger partial charge in [-0.1, -0.05) is 0 Å². The number of carboxylic acid groups (broad SMARTS) is 1. The number of carboxylic acids is 1. The molecule has 0 radical (unpaired) electrons. The minimum Gasteiger partial charge on any atom is -0.481 e. The van der Waals surface area contributed by atoms with E-state index in [0.717, 1.165) is 18.6 Å². The standard InChI is InChI=1S/C14H15F4NO2/c15-11-7-10(14(16,17)18)3-4-12(11)19-5-1-2-9(8-19)6-13(20)21/h3-4,7,9H,1-2,5-6,8H2,(H,20,21). The van der Waals surface area contributed by atoms with Crippen LogP contribution in [-0.4, -0.2) is 24.2 Å². The fraction of sp³-hybridized carbons (Fsp3) is 0.500.